The van der Waals surface area contributed by atoms with Gasteiger partial charge in [-0.05, 0) is 0 Å². The molecular formula is C13H23N5O5S. The van der Waals surface area contributed by atoms with Crippen molar-refractivity contribution in [2.45, 2.75) is 18.1 Å². The van der Waals surface area contributed by atoms with Crippen LogP contribution in [0.4, 0.5) is 0 Å². The topological polar surface area (TPSA) is 137 Å². The van der Waals surface area contributed by atoms with Gasteiger partial charge in [0.15, 0.2) is 0 Å². The smallest absolute Gasteiger partial charge is 0.253 e. The van der Waals surface area contributed by atoms with Gasteiger partial charge in [-0.25, -0.2) is 5.43 Å². The molecule has 0 bridgehead atoms. The molecule has 10 nitrogen and oxygen atoms in total. The third-order valence-electron chi connectivity index (χ3n) is 2.80. The Balaban J connectivity index is 3.93. The molecule has 136 valence electrons. The molecule has 0 aliphatic heterocycles. The molecule has 0 saturated carbocycles. The van der Waals surface area contributed by atoms with E-state index in [2.05, 4.69) is 34.1 Å². The Hall–Kier alpha value is -2.14. The highest BCUT2D eigenvalue weighted by molar-refractivity contribution is 7.81. The van der Waals surface area contributed by atoms with Crippen LogP contribution in [0, 0.1) is 0 Å². The first kappa shape index (κ1) is 21.9. The normalized spacial score (nSPS) is 11.1. The summed E-state index contributed by atoms with van der Waals surface area (Å²) in [4.78, 5) is 57.5. The summed E-state index contributed by atoms with van der Waals surface area (Å²) in [6.45, 7) is -0.336. The molecule has 1 atom stereocenters. The fourth-order valence-electron chi connectivity index (χ4n) is 1.47. The zero-order valence-electron chi connectivity index (χ0n) is 13.6. The number of carbonyl (C=O) groups is 5. The van der Waals surface area contributed by atoms with E-state index in [0.717, 1.165) is 0 Å². The van der Waals surface area contributed by atoms with E-state index in [9.17, 15) is 24.0 Å². The molecule has 0 aliphatic rings. The van der Waals surface area contributed by atoms with Gasteiger partial charge in [-0.15, -0.1) is 0 Å². The fraction of sp³-hybridized carbons (Fsp3) is 0.615. The summed E-state index contributed by atoms with van der Waals surface area (Å²) in [6, 6.07) is 0. The molecule has 0 spiro atoms. The van der Waals surface area contributed by atoms with Crippen molar-refractivity contribution < 1.29 is 24.0 Å². The summed E-state index contributed by atoms with van der Waals surface area (Å²) in [5, 5.41) is 4.03. The van der Waals surface area contributed by atoms with Gasteiger partial charge in [0.2, 0.25) is 17.7 Å². The van der Waals surface area contributed by atoms with Gasteiger partial charge in [0.25, 0.3) is 5.91 Å². The van der Waals surface area contributed by atoms with Gasteiger partial charge in [-0.1, -0.05) is 0 Å². The lowest BCUT2D eigenvalue weighted by Crippen LogP contribution is -2.45. The van der Waals surface area contributed by atoms with E-state index in [4.69, 9.17) is 0 Å². The highest BCUT2D eigenvalue weighted by Gasteiger charge is 2.14. The van der Waals surface area contributed by atoms with Crippen LogP contribution >= 0.6 is 12.6 Å². The van der Waals surface area contributed by atoms with E-state index < -0.39 is 23.0 Å². The van der Waals surface area contributed by atoms with Crippen molar-refractivity contribution in [1.29, 1.82) is 0 Å². The monoisotopic (exact) mass is 361 g/mol. The number of hydrogen-bond acceptors (Lipinski definition) is 7. The van der Waals surface area contributed by atoms with E-state index in [1.807, 2.05) is 0 Å². The number of hydrazine groups is 1. The van der Waals surface area contributed by atoms with Crippen molar-refractivity contribution in [3.63, 3.8) is 0 Å². The molecule has 0 aliphatic carbocycles. The minimum atomic E-state index is -0.669. The molecular weight excluding hydrogens is 338 g/mol. The van der Waals surface area contributed by atoms with E-state index >= 15 is 0 Å². The molecule has 1 unspecified atom stereocenters. The Morgan fingerprint density at radius 3 is 2.25 bits per heavy atom. The summed E-state index contributed by atoms with van der Waals surface area (Å²) in [5.41, 5.74) is 4.69. The Morgan fingerprint density at radius 2 is 1.67 bits per heavy atom. The molecule has 4 amide bonds. The maximum absolute atomic E-state index is 11.7. The predicted molar refractivity (Wildman–Crippen MR) is 88.9 cm³/mol. The van der Waals surface area contributed by atoms with Crippen LogP contribution in [0.25, 0.3) is 0 Å². The third kappa shape index (κ3) is 10.6. The number of amides is 4. The summed E-state index contributed by atoms with van der Waals surface area (Å²) in [7, 11) is 3.02. The molecule has 0 radical (unpaired) electrons. The Kier molecular flexibility index (Phi) is 11.2. The zero-order chi connectivity index (χ0) is 18.5. The maximum atomic E-state index is 11.7. The minimum Gasteiger partial charge on any atom is -0.347 e. The van der Waals surface area contributed by atoms with Crippen LogP contribution in [0.15, 0.2) is 0 Å². The second-order valence-electron chi connectivity index (χ2n) is 4.82. The average molecular weight is 361 g/mol. The molecule has 0 saturated heterocycles. The van der Waals surface area contributed by atoms with Crippen LogP contribution in [0.2, 0.25) is 0 Å². The van der Waals surface area contributed by atoms with Gasteiger partial charge in [-0.3, -0.25) is 24.6 Å². The second-order valence-corrected chi connectivity index (χ2v) is 5.49. The van der Waals surface area contributed by atoms with Gasteiger partial charge in [0.05, 0.1) is 18.3 Å². The number of hydrogen-bond donors (Lipinski definition) is 5. The average Bonchev–Trinajstić information content (AvgIpc) is 2.55. The van der Waals surface area contributed by atoms with Crippen LogP contribution in [-0.2, 0) is 24.0 Å². The molecule has 11 heteroatoms. The first-order chi connectivity index (χ1) is 11.3. The van der Waals surface area contributed by atoms with Crippen molar-refractivity contribution in [3.05, 3.63) is 0 Å². The molecule has 24 heavy (non-hydrogen) atoms. The lowest BCUT2D eigenvalue weighted by atomic mass is 10.2. The molecule has 0 fully saturated rings. The third-order valence-corrected chi connectivity index (χ3v) is 3.10. The maximum Gasteiger partial charge on any atom is 0.253 e. The summed E-state index contributed by atoms with van der Waals surface area (Å²) in [6.07, 6.45) is 0.535. The Bertz CT molecular complexity index is 474. The van der Waals surface area contributed by atoms with Crippen LogP contribution in [-0.4, -0.2) is 73.8 Å². The van der Waals surface area contributed by atoms with Crippen molar-refractivity contribution in [2.24, 2.45) is 0 Å². The number of aldehydes is 1. The Morgan fingerprint density at radius 1 is 1.08 bits per heavy atom. The largest absolute Gasteiger partial charge is 0.347 e. The van der Waals surface area contributed by atoms with Gasteiger partial charge in [-0.2, -0.15) is 12.6 Å². The highest BCUT2D eigenvalue weighted by atomic mass is 32.1. The SMILES string of the molecule is CNNC(=O)CNC(=O)CNC(=O)CCN(C)C(=O)CC(S)C=O. The van der Waals surface area contributed by atoms with Crippen molar-refractivity contribution in [1.82, 2.24) is 26.4 Å². The standard InChI is InChI=1S/C13H23N5O5S/c1-14-17-12(22)7-16-11(21)6-15-10(20)3-4-18(2)13(23)5-9(24)8-19/h8-9,14,24H,3-7H2,1-2H3,(H,15,20)(H,16,21)(H,17,22). The van der Waals surface area contributed by atoms with Crippen LogP contribution in [0.1, 0.15) is 12.8 Å². The first-order valence-electron chi connectivity index (χ1n) is 7.16. The molecule has 0 aromatic heterocycles. The predicted octanol–water partition coefficient (Wildman–Crippen LogP) is -2.79. The van der Waals surface area contributed by atoms with Gasteiger partial charge < -0.3 is 20.3 Å². The molecule has 4 N–H and O–H groups in total. The van der Waals surface area contributed by atoms with Gasteiger partial charge in [0.1, 0.15) is 6.29 Å². The quantitative estimate of drug-likeness (QED) is 0.153. The highest BCUT2D eigenvalue weighted by Crippen LogP contribution is 2.01. The molecule has 0 aromatic rings. The van der Waals surface area contributed by atoms with E-state index in [0.29, 0.717) is 6.29 Å². The fourth-order valence-corrected chi connectivity index (χ4v) is 1.63. The van der Waals surface area contributed by atoms with Crippen molar-refractivity contribution in [2.75, 3.05) is 33.7 Å². The zero-order valence-corrected chi connectivity index (χ0v) is 14.5. The number of rotatable bonds is 11. The molecule has 0 heterocycles. The Labute approximate surface area is 145 Å². The first-order valence-corrected chi connectivity index (χ1v) is 7.68. The number of nitrogens with zero attached hydrogens (tertiary/aromatic N) is 1. The number of carbonyl (C=O) groups excluding carboxylic acids is 5. The summed E-state index contributed by atoms with van der Waals surface area (Å²) < 4.78 is 0. The van der Waals surface area contributed by atoms with Crippen molar-refractivity contribution in [3.8, 4) is 0 Å². The van der Waals surface area contributed by atoms with Gasteiger partial charge >= 0.3 is 0 Å². The van der Waals surface area contributed by atoms with Crippen LogP contribution in [0.5, 0.6) is 0 Å². The lowest BCUT2D eigenvalue weighted by Gasteiger charge is -2.17. The van der Waals surface area contributed by atoms with Crippen LogP contribution in [0.3, 0.4) is 0 Å². The van der Waals surface area contributed by atoms with Crippen LogP contribution < -0.4 is 21.5 Å². The second kappa shape index (κ2) is 12.3. The van der Waals surface area contributed by atoms with E-state index in [1.54, 1.807) is 0 Å². The van der Waals surface area contributed by atoms with Gasteiger partial charge in [0, 0.05) is 33.5 Å². The number of thiol groups is 1. The molecule has 0 rings (SSSR count). The summed E-state index contributed by atoms with van der Waals surface area (Å²) in [5.74, 6) is -1.65. The lowest BCUT2D eigenvalue weighted by molar-refractivity contribution is -0.131. The minimum absolute atomic E-state index is 0.00802. The van der Waals surface area contributed by atoms with E-state index in [-0.39, 0.29) is 38.4 Å². The van der Waals surface area contributed by atoms with Crippen molar-refractivity contribution >= 4 is 42.5 Å². The summed E-state index contributed by atoms with van der Waals surface area (Å²) >= 11 is 3.90. The van der Waals surface area contributed by atoms with E-state index in [1.165, 1.54) is 19.0 Å². The number of nitrogens with one attached hydrogen (secondary N) is 4. The molecule has 0 aromatic carbocycles.